The molecule has 3 aromatic rings. The van der Waals surface area contributed by atoms with Crippen LogP contribution in [0.1, 0.15) is 5.56 Å². The van der Waals surface area contributed by atoms with Crippen LogP contribution < -0.4 is 5.63 Å². The molecule has 0 radical (unpaired) electrons. The van der Waals surface area contributed by atoms with Gasteiger partial charge in [0.05, 0.1) is 5.56 Å². The minimum absolute atomic E-state index is 0.0669. The zero-order valence-electron chi connectivity index (χ0n) is 10.5. The first-order valence-electron chi connectivity index (χ1n) is 6.11. The molecule has 0 spiro atoms. The molecule has 100 valence electrons. The van der Waals surface area contributed by atoms with Gasteiger partial charge in [0.2, 0.25) is 0 Å². The van der Waals surface area contributed by atoms with Gasteiger partial charge in [-0.05, 0) is 17.7 Å². The summed E-state index contributed by atoms with van der Waals surface area (Å²) in [6, 6.07) is 14.1. The summed E-state index contributed by atoms with van der Waals surface area (Å²) in [7, 11) is 0. The van der Waals surface area contributed by atoms with Gasteiger partial charge in [-0.3, -0.25) is 0 Å². The van der Waals surface area contributed by atoms with Gasteiger partial charge in [-0.25, -0.2) is 4.79 Å². The lowest BCUT2D eigenvalue weighted by molar-refractivity contribution is 0.476. The van der Waals surface area contributed by atoms with Gasteiger partial charge in [0, 0.05) is 16.3 Å². The standard InChI is InChI=1S/C16H11BrO3/c17-9-12-10-5-2-4-8-14(10)20-16(19)15(12)11-6-1-3-7-13(11)18/h1-8,18H,9H2. The van der Waals surface area contributed by atoms with Crippen molar-refractivity contribution in [2.45, 2.75) is 5.33 Å². The molecule has 1 heterocycles. The van der Waals surface area contributed by atoms with Crippen molar-refractivity contribution in [1.82, 2.24) is 0 Å². The molecule has 1 aromatic heterocycles. The van der Waals surface area contributed by atoms with Crippen molar-refractivity contribution in [2.24, 2.45) is 0 Å². The molecule has 0 fully saturated rings. The first-order chi connectivity index (χ1) is 9.72. The van der Waals surface area contributed by atoms with E-state index >= 15 is 0 Å². The summed E-state index contributed by atoms with van der Waals surface area (Å²) in [5, 5.41) is 11.4. The van der Waals surface area contributed by atoms with Gasteiger partial charge < -0.3 is 9.52 Å². The van der Waals surface area contributed by atoms with Gasteiger partial charge in [0.25, 0.3) is 0 Å². The molecule has 3 rings (SSSR count). The summed E-state index contributed by atoms with van der Waals surface area (Å²) in [6.45, 7) is 0. The van der Waals surface area contributed by atoms with Crippen LogP contribution in [0.2, 0.25) is 0 Å². The molecule has 0 bridgehead atoms. The first kappa shape index (κ1) is 12.9. The molecule has 3 nitrogen and oxygen atoms in total. The molecule has 0 saturated carbocycles. The Hall–Kier alpha value is -2.07. The number of phenolic OH excluding ortho intramolecular Hbond substituents is 1. The maximum Gasteiger partial charge on any atom is 0.344 e. The Balaban J connectivity index is 2.45. The number of alkyl halides is 1. The summed E-state index contributed by atoms with van der Waals surface area (Å²) in [4.78, 5) is 12.3. The minimum atomic E-state index is -0.445. The Morgan fingerprint density at radius 3 is 2.50 bits per heavy atom. The maximum atomic E-state index is 12.3. The number of hydrogen-bond acceptors (Lipinski definition) is 3. The third-order valence-electron chi connectivity index (χ3n) is 3.23. The predicted octanol–water partition coefficient (Wildman–Crippen LogP) is 4.06. The predicted molar refractivity (Wildman–Crippen MR) is 82.2 cm³/mol. The normalized spacial score (nSPS) is 10.8. The molecule has 0 aliphatic carbocycles. The fourth-order valence-corrected chi connectivity index (χ4v) is 2.89. The Labute approximate surface area is 123 Å². The van der Waals surface area contributed by atoms with E-state index in [1.165, 1.54) is 0 Å². The van der Waals surface area contributed by atoms with Crippen LogP contribution in [-0.4, -0.2) is 5.11 Å². The van der Waals surface area contributed by atoms with Crippen LogP contribution in [0.25, 0.3) is 22.1 Å². The van der Waals surface area contributed by atoms with Crippen LogP contribution in [0.4, 0.5) is 0 Å². The number of aromatic hydroxyl groups is 1. The molecular weight excluding hydrogens is 320 g/mol. The zero-order valence-corrected chi connectivity index (χ0v) is 12.1. The van der Waals surface area contributed by atoms with E-state index < -0.39 is 5.63 Å². The number of para-hydroxylation sites is 2. The van der Waals surface area contributed by atoms with Crippen molar-refractivity contribution >= 4 is 26.9 Å². The largest absolute Gasteiger partial charge is 0.507 e. The van der Waals surface area contributed by atoms with E-state index in [2.05, 4.69) is 15.9 Å². The maximum absolute atomic E-state index is 12.3. The van der Waals surface area contributed by atoms with Gasteiger partial charge in [-0.15, -0.1) is 0 Å². The van der Waals surface area contributed by atoms with Crippen molar-refractivity contribution in [1.29, 1.82) is 0 Å². The van der Waals surface area contributed by atoms with Crippen LogP contribution in [0.3, 0.4) is 0 Å². The first-order valence-corrected chi connectivity index (χ1v) is 7.23. The molecule has 2 aromatic carbocycles. The van der Waals surface area contributed by atoms with Crippen LogP contribution in [0.15, 0.2) is 57.7 Å². The van der Waals surface area contributed by atoms with Gasteiger partial charge in [0.15, 0.2) is 0 Å². The van der Waals surface area contributed by atoms with Gasteiger partial charge >= 0.3 is 5.63 Å². The number of benzene rings is 2. The molecule has 0 saturated heterocycles. The molecule has 0 amide bonds. The molecule has 0 unspecified atom stereocenters. The smallest absolute Gasteiger partial charge is 0.344 e. The molecule has 0 aliphatic heterocycles. The average molecular weight is 331 g/mol. The van der Waals surface area contributed by atoms with Crippen molar-refractivity contribution in [2.75, 3.05) is 0 Å². The number of fused-ring (bicyclic) bond motifs is 1. The lowest BCUT2D eigenvalue weighted by atomic mass is 9.99. The van der Waals surface area contributed by atoms with E-state index in [9.17, 15) is 9.90 Å². The van der Waals surface area contributed by atoms with Crippen LogP contribution in [0, 0.1) is 0 Å². The van der Waals surface area contributed by atoms with Crippen LogP contribution >= 0.6 is 15.9 Å². The summed E-state index contributed by atoms with van der Waals surface area (Å²) < 4.78 is 5.36. The third kappa shape index (κ3) is 2.02. The topological polar surface area (TPSA) is 50.4 Å². The second-order valence-corrected chi connectivity index (χ2v) is 4.95. The fourth-order valence-electron chi connectivity index (χ4n) is 2.31. The monoisotopic (exact) mass is 330 g/mol. The van der Waals surface area contributed by atoms with Crippen molar-refractivity contribution in [3.63, 3.8) is 0 Å². The second kappa shape index (κ2) is 5.13. The molecule has 1 N–H and O–H groups in total. The van der Waals surface area contributed by atoms with Crippen LogP contribution in [-0.2, 0) is 5.33 Å². The Kier molecular flexibility index (Phi) is 3.32. The van der Waals surface area contributed by atoms with Crippen LogP contribution in [0.5, 0.6) is 5.75 Å². The molecule has 0 aliphatic rings. The van der Waals surface area contributed by atoms with Gasteiger partial charge in [-0.2, -0.15) is 0 Å². The average Bonchev–Trinajstić information content (AvgIpc) is 2.47. The molecule has 20 heavy (non-hydrogen) atoms. The fraction of sp³-hybridized carbons (Fsp3) is 0.0625. The Morgan fingerprint density at radius 1 is 1.05 bits per heavy atom. The van der Waals surface area contributed by atoms with Crippen molar-refractivity contribution in [3.05, 3.63) is 64.5 Å². The van der Waals surface area contributed by atoms with Gasteiger partial charge in [0.1, 0.15) is 11.3 Å². The van der Waals surface area contributed by atoms with Crippen molar-refractivity contribution in [3.8, 4) is 16.9 Å². The van der Waals surface area contributed by atoms with Crippen molar-refractivity contribution < 1.29 is 9.52 Å². The lowest BCUT2D eigenvalue weighted by Gasteiger charge is -2.10. The molecule has 4 heteroatoms. The highest BCUT2D eigenvalue weighted by Crippen LogP contribution is 2.33. The van der Waals surface area contributed by atoms with E-state index in [-0.39, 0.29) is 5.75 Å². The van der Waals surface area contributed by atoms with E-state index in [4.69, 9.17) is 4.42 Å². The quantitative estimate of drug-likeness (QED) is 0.569. The highest BCUT2D eigenvalue weighted by atomic mass is 79.9. The third-order valence-corrected chi connectivity index (χ3v) is 3.79. The van der Waals surface area contributed by atoms with E-state index in [0.29, 0.717) is 22.0 Å². The second-order valence-electron chi connectivity index (χ2n) is 4.39. The Morgan fingerprint density at radius 2 is 1.75 bits per heavy atom. The lowest BCUT2D eigenvalue weighted by Crippen LogP contribution is -2.07. The SMILES string of the molecule is O=c1oc2ccccc2c(CBr)c1-c1ccccc1O. The molecular formula is C16H11BrO3. The summed E-state index contributed by atoms with van der Waals surface area (Å²) in [6.07, 6.45) is 0. The summed E-state index contributed by atoms with van der Waals surface area (Å²) in [5.74, 6) is 0.0669. The van der Waals surface area contributed by atoms with E-state index in [1.807, 2.05) is 18.2 Å². The summed E-state index contributed by atoms with van der Waals surface area (Å²) >= 11 is 3.42. The number of phenols is 1. The van der Waals surface area contributed by atoms with Gasteiger partial charge in [-0.1, -0.05) is 52.3 Å². The number of rotatable bonds is 2. The van der Waals surface area contributed by atoms with E-state index in [1.54, 1.807) is 30.3 Å². The van der Waals surface area contributed by atoms with E-state index in [0.717, 1.165) is 10.9 Å². The molecule has 0 atom stereocenters. The summed E-state index contributed by atoms with van der Waals surface area (Å²) in [5.41, 5.74) is 1.81. The Bertz CT molecular complexity index is 836. The number of hydrogen-bond donors (Lipinski definition) is 1. The highest BCUT2D eigenvalue weighted by Gasteiger charge is 2.17. The zero-order chi connectivity index (χ0) is 14.1. The number of halogens is 1. The minimum Gasteiger partial charge on any atom is -0.507 e. The highest BCUT2D eigenvalue weighted by molar-refractivity contribution is 9.08.